The molecule has 2 radical (unpaired) electrons. The van der Waals surface area contributed by atoms with Gasteiger partial charge in [0.25, 0.3) is 5.69 Å². The van der Waals surface area contributed by atoms with Crippen molar-refractivity contribution in [3.63, 3.8) is 0 Å². The lowest BCUT2D eigenvalue weighted by Gasteiger charge is -2.13. The van der Waals surface area contributed by atoms with E-state index in [0.29, 0.717) is 17.7 Å². The van der Waals surface area contributed by atoms with Gasteiger partial charge in [-0.1, -0.05) is 22.6 Å². The second-order valence-electron chi connectivity index (χ2n) is 4.35. The molecule has 0 bridgehead atoms. The molecule has 0 aliphatic heterocycles. The summed E-state index contributed by atoms with van der Waals surface area (Å²) in [5, 5.41) is 11.1. The van der Waals surface area contributed by atoms with Gasteiger partial charge in [-0.15, -0.1) is 0 Å². The average molecular weight is 403 g/mol. The highest BCUT2D eigenvalue weighted by molar-refractivity contribution is 14.1. The third kappa shape index (κ3) is 5.18. The number of alkyl halides is 1. The maximum atomic E-state index is 11.1. The Hall–Kier alpha value is -1.32. The number of benzene rings is 1. The van der Waals surface area contributed by atoms with Gasteiger partial charge in [0.2, 0.25) is 0 Å². The Morgan fingerprint density at radius 2 is 2.14 bits per heavy atom. The summed E-state index contributed by atoms with van der Waals surface area (Å²) in [4.78, 5) is 21.3. The standard InChI is InChI=1S/C13H15BINO5/c1-8(15)9-6-11(20-2)12(7-10(9)16(18)19)21-5-3-4-13(14)17/h6-8H,3-5H2,1-2H3. The largest absolute Gasteiger partial charge is 0.493 e. The van der Waals surface area contributed by atoms with Crippen LogP contribution >= 0.6 is 22.6 Å². The third-order valence-corrected chi connectivity index (χ3v) is 3.43. The summed E-state index contributed by atoms with van der Waals surface area (Å²) >= 11 is 2.10. The Kier molecular flexibility index (Phi) is 6.93. The molecule has 8 heteroatoms. The van der Waals surface area contributed by atoms with Gasteiger partial charge < -0.3 is 14.3 Å². The highest BCUT2D eigenvalue weighted by Gasteiger charge is 2.22. The molecule has 1 unspecified atom stereocenters. The summed E-state index contributed by atoms with van der Waals surface area (Å²) in [6.45, 7) is 2.09. The normalized spacial score (nSPS) is 11.8. The number of methoxy groups -OCH3 is 1. The fourth-order valence-corrected chi connectivity index (χ4v) is 2.24. The van der Waals surface area contributed by atoms with E-state index in [1.54, 1.807) is 6.07 Å². The molecule has 0 saturated heterocycles. The molecule has 1 rings (SSSR count). The van der Waals surface area contributed by atoms with Crippen LogP contribution < -0.4 is 9.47 Å². The molecule has 1 aromatic carbocycles. The van der Waals surface area contributed by atoms with E-state index >= 15 is 0 Å². The van der Waals surface area contributed by atoms with Crippen molar-refractivity contribution in [3.8, 4) is 11.5 Å². The maximum absolute atomic E-state index is 11.1. The van der Waals surface area contributed by atoms with Crippen LogP contribution in [0.4, 0.5) is 5.69 Å². The number of ether oxygens (including phenoxy) is 2. The fourth-order valence-electron chi connectivity index (χ4n) is 1.74. The summed E-state index contributed by atoms with van der Waals surface area (Å²) in [6.07, 6.45) is 0.643. The van der Waals surface area contributed by atoms with E-state index in [9.17, 15) is 14.9 Å². The van der Waals surface area contributed by atoms with Crippen LogP contribution in [0.2, 0.25) is 0 Å². The lowest BCUT2D eigenvalue weighted by molar-refractivity contribution is -0.385. The predicted molar refractivity (Wildman–Crippen MR) is 87.6 cm³/mol. The summed E-state index contributed by atoms with van der Waals surface area (Å²) in [6, 6.07) is 2.96. The zero-order chi connectivity index (χ0) is 16.0. The zero-order valence-electron chi connectivity index (χ0n) is 11.8. The van der Waals surface area contributed by atoms with Crippen LogP contribution in [-0.2, 0) is 4.79 Å². The van der Waals surface area contributed by atoms with Crippen LogP contribution in [0.15, 0.2) is 12.1 Å². The predicted octanol–water partition coefficient (Wildman–Crippen LogP) is 2.95. The molecule has 1 aromatic rings. The van der Waals surface area contributed by atoms with Crippen LogP contribution in [0, 0.1) is 10.1 Å². The molecule has 1 atom stereocenters. The molecule has 0 aromatic heterocycles. The molecule has 0 saturated carbocycles. The zero-order valence-corrected chi connectivity index (χ0v) is 14.0. The van der Waals surface area contributed by atoms with E-state index < -0.39 is 10.6 Å². The van der Waals surface area contributed by atoms with Gasteiger partial charge in [-0.2, -0.15) is 0 Å². The van der Waals surface area contributed by atoms with Crippen molar-refractivity contribution in [2.75, 3.05) is 13.7 Å². The number of nitro groups is 1. The van der Waals surface area contributed by atoms with Gasteiger partial charge >= 0.3 is 0 Å². The highest BCUT2D eigenvalue weighted by Crippen LogP contribution is 2.40. The van der Waals surface area contributed by atoms with E-state index in [1.165, 1.54) is 13.2 Å². The molecule has 0 spiro atoms. The molecular formula is C13H15BINO5. The van der Waals surface area contributed by atoms with E-state index in [4.69, 9.17) is 17.3 Å². The van der Waals surface area contributed by atoms with Crippen LogP contribution in [0.3, 0.4) is 0 Å². The number of nitrogens with zero attached hydrogens (tertiary/aromatic N) is 1. The summed E-state index contributed by atoms with van der Waals surface area (Å²) in [5.74, 6) is 0.715. The van der Waals surface area contributed by atoms with Crippen molar-refractivity contribution >= 4 is 41.8 Å². The Balaban J connectivity index is 2.99. The van der Waals surface area contributed by atoms with E-state index in [-0.39, 0.29) is 28.4 Å². The fraction of sp³-hybridized carbons (Fsp3) is 0.462. The molecule has 0 aliphatic carbocycles. The van der Waals surface area contributed by atoms with Crippen molar-refractivity contribution in [1.29, 1.82) is 0 Å². The van der Waals surface area contributed by atoms with Crippen molar-refractivity contribution in [3.05, 3.63) is 27.8 Å². The van der Waals surface area contributed by atoms with Crippen molar-refractivity contribution < 1.29 is 19.2 Å². The minimum atomic E-state index is -0.444. The van der Waals surface area contributed by atoms with Gasteiger partial charge in [0.1, 0.15) is 0 Å². The molecule has 112 valence electrons. The Morgan fingerprint density at radius 1 is 1.48 bits per heavy atom. The van der Waals surface area contributed by atoms with Gasteiger partial charge in [0, 0.05) is 9.49 Å². The Labute approximate surface area is 137 Å². The first-order valence-electron chi connectivity index (χ1n) is 6.28. The third-order valence-electron chi connectivity index (χ3n) is 2.76. The van der Waals surface area contributed by atoms with E-state index in [1.807, 2.05) is 6.92 Å². The summed E-state index contributed by atoms with van der Waals surface area (Å²) in [5.41, 5.74) is 0.148. The quantitative estimate of drug-likeness (QED) is 0.167. The van der Waals surface area contributed by atoms with Crippen molar-refractivity contribution in [2.45, 2.75) is 23.7 Å². The van der Waals surface area contributed by atoms with Gasteiger partial charge in [-0.25, -0.2) is 0 Å². The van der Waals surface area contributed by atoms with Gasteiger partial charge in [0.15, 0.2) is 19.3 Å². The smallest absolute Gasteiger partial charge is 0.277 e. The molecule has 0 aliphatic rings. The number of carbonyl (C=O) groups excluding carboxylic acids is 1. The highest BCUT2D eigenvalue weighted by atomic mass is 127. The summed E-state index contributed by atoms with van der Waals surface area (Å²) < 4.78 is 10.6. The molecule has 21 heavy (non-hydrogen) atoms. The van der Waals surface area contributed by atoms with Gasteiger partial charge in [-0.05, 0) is 25.8 Å². The number of nitro benzene ring substituents is 1. The van der Waals surface area contributed by atoms with Crippen LogP contribution in [0.1, 0.15) is 29.3 Å². The molecular weight excluding hydrogens is 388 g/mol. The molecule has 0 amide bonds. The van der Waals surface area contributed by atoms with E-state index in [2.05, 4.69) is 22.6 Å². The molecule has 0 heterocycles. The number of hydrogen-bond donors (Lipinski definition) is 0. The number of carbonyl (C=O) groups is 1. The minimum Gasteiger partial charge on any atom is -0.493 e. The van der Waals surface area contributed by atoms with Gasteiger partial charge in [0.05, 0.1) is 30.4 Å². The van der Waals surface area contributed by atoms with Crippen LogP contribution in [0.5, 0.6) is 11.5 Å². The first kappa shape index (κ1) is 17.7. The monoisotopic (exact) mass is 403 g/mol. The van der Waals surface area contributed by atoms with Crippen LogP contribution in [0.25, 0.3) is 0 Å². The minimum absolute atomic E-state index is 0.0115. The van der Waals surface area contributed by atoms with Gasteiger partial charge in [-0.3, -0.25) is 10.1 Å². The topological polar surface area (TPSA) is 78.7 Å². The maximum Gasteiger partial charge on any atom is 0.277 e. The second kappa shape index (κ2) is 8.21. The SMILES string of the molecule is [B]C(=O)CCCOc1cc([N+](=O)[O-])c(C(C)I)cc1OC. The van der Waals surface area contributed by atoms with E-state index in [0.717, 1.165) is 0 Å². The van der Waals surface area contributed by atoms with Crippen LogP contribution in [-0.4, -0.2) is 32.2 Å². The molecule has 0 fully saturated rings. The number of halogens is 1. The van der Waals surface area contributed by atoms with Crippen molar-refractivity contribution in [2.24, 2.45) is 0 Å². The number of rotatable bonds is 8. The Bertz CT molecular complexity index is 536. The first-order valence-corrected chi connectivity index (χ1v) is 7.52. The van der Waals surface area contributed by atoms with Crippen molar-refractivity contribution in [1.82, 2.24) is 0 Å². The average Bonchev–Trinajstić information content (AvgIpc) is 2.42. The second-order valence-corrected chi connectivity index (χ2v) is 6.22. The first-order chi connectivity index (χ1) is 9.86. The molecule has 6 nitrogen and oxygen atoms in total. The summed E-state index contributed by atoms with van der Waals surface area (Å²) in [7, 11) is 6.51. The lowest BCUT2D eigenvalue weighted by atomic mass is 9.98. The Morgan fingerprint density at radius 3 is 2.62 bits per heavy atom. The molecule has 0 N–H and O–H groups in total. The lowest BCUT2D eigenvalue weighted by Crippen LogP contribution is -2.05. The number of hydrogen-bond acceptors (Lipinski definition) is 5.